The zero-order chi connectivity index (χ0) is 19.3. The van der Waals surface area contributed by atoms with Gasteiger partial charge in [-0.25, -0.2) is 9.97 Å². The molecule has 4 heterocycles. The van der Waals surface area contributed by atoms with Crippen molar-refractivity contribution in [2.24, 2.45) is 5.92 Å². The summed E-state index contributed by atoms with van der Waals surface area (Å²) >= 11 is 1.66. The normalized spacial score (nSPS) is 22.8. The molecule has 4 rings (SSSR count). The van der Waals surface area contributed by atoms with Crippen LogP contribution in [-0.2, 0) is 24.2 Å². The van der Waals surface area contributed by atoms with Crippen LogP contribution in [0.1, 0.15) is 49.6 Å². The summed E-state index contributed by atoms with van der Waals surface area (Å²) in [5, 5.41) is 4.13. The molecule has 0 unspecified atom stereocenters. The zero-order valence-electron chi connectivity index (χ0n) is 16.7. The Morgan fingerprint density at radius 3 is 2.82 bits per heavy atom. The van der Waals surface area contributed by atoms with Crippen LogP contribution in [0.15, 0.2) is 29.2 Å². The van der Waals surface area contributed by atoms with Crippen molar-refractivity contribution in [1.29, 1.82) is 0 Å². The van der Waals surface area contributed by atoms with E-state index in [1.807, 2.05) is 17.8 Å². The van der Waals surface area contributed by atoms with E-state index < -0.39 is 0 Å². The first kappa shape index (κ1) is 19.5. The number of nitrogens with zero attached hydrogens (tertiary/aromatic N) is 4. The Morgan fingerprint density at radius 1 is 1.21 bits per heavy atom. The minimum absolute atomic E-state index is 0.277. The van der Waals surface area contributed by atoms with Crippen molar-refractivity contribution in [3.05, 3.63) is 46.2 Å². The van der Waals surface area contributed by atoms with Crippen LogP contribution >= 0.6 is 11.3 Å². The van der Waals surface area contributed by atoms with E-state index in [1.165, 1.54) is 24.8 Å². The largest absolute Gasteiger partial charge is 0.340 e. The van der Waals surface area contributed by atoms with Gasteiger partial charge in [0, 0.05) is 50.1 Å². The third-order valence-electron chi connectivity index (χ3n) is 6.05. The first-order valence-electron chi connectivity index (χ1n) is 10.6. The fourth-order valence-electron chi connectivity index (χ4n) is 4.57. The van der Waals surface area contributed by atoms with Crippen LogP contribution in [0.25, 0.3) is 0 Å². The van der Waals surface area contributed by atoms with Crippen LogP contribution < -0.4 is 0 Å². The number of hydrogen-bond acceptors (Lipinski definition) is 5. The van der Waals surface area contributed by atoms with Gasteiger partial charge < -0.3 is 4.90 Å². The van der Waals surface area contributed by atoms with Gasteiger partial charge >= 0.3 is 0 Å². The van der Waals surface area contributed by atoms with E-state index in [2.05, 4.69) is 38.1 Å². The summed E-state index contributed by atoms with van der Waals surface area (Å²) in [4.78, 5) is 26.5. The van der Waals surface area contributed by atoms with Crippen LogP contribution in [0.4, 0.5) is 0 Å². The molecule has 0 bridgehead atoms. The Labute approximate surface area is 171 Å². The van der Waals surface area contributed by atoms with E-state index in [-0.39, 0.29) is 5.91 Å². The monoisotopic (exact) mass is 398 g/mol. The number of hydrogen-bond donors (Lipinski definition) is 0. The van der Waals surface area contributed by atoms with Crippen LogP contribution in [0.5, 0.6) is 0 Å². The maximum Gasteiger partial charge on any atom is 0.227 e. The molecule has 1 amide bonds. The molecule has 28 heavy (non-hydrogen) atoms. The van der Waals surface area contributed by atoms with Crippen molar-refractivity contribution >= 4 is 17.2 Å². The van der Waals surface area contributed by atoms with Gasteiger partial charge in [0.1, 0.15) is 5.82 Å². The van der Waals surface area contributed by atoms with Crippen molar-refractivity contribution in [2.45, 2.75) is 58.0 Å². The molecular formula is C22H30N4OS. The molecule has 2 aromatic rings. The first-order valence-corrected chi connectivity index (χ1v) is 11.5. The second-order valence-electron chi connectivity index (χ2n) is 8.16. The number of carbonyl (C=O) groups excluding carboxylic acids is 1. The SMILES string of the molecule is CCCc1ncc(CN2CCCC[C@H]3CN(C(=O)Cc4ccsc4)C[C@H]32)cn1. The molecule has 2 saturated heterocycles. The van der Waals surface area contributed by atoms with Gasteiger partial charge in [-0.2, -0.15) is 11.3 Å². The minimum atomic E-state index is 0.277. The number of fused-ring (bicyclic) bond motifs is 1. The lowest BCUT2D eigenvalue weighted by molar-refractivity contribution is -0.129. The lowest BCUT2D eigenvalue weighted by atomic mass is 9.98. The highest BCUT2D eigenvalue weighted by Gasteiger charge is 2.39. The van der Waals surface area contributed by atoms with Gasteiger partial charge in [-0.3, -0.25) is 9.69 Å². The maximum absolute atomic E-state index is 12.8. The van der Waals surface area contributed by atoms with Crippen LogP contribution in [0.2, 0.25) is 0 Å². The quantitative estimate of drug-likeness (QED) is 0.747. The van der Waals surface area contributed by atoms with Gasteiger partial charge in [-0.1, -0.05) is 13.3 Å². The van der Waals surface area contributed by atoms with Crippen molar-refractivity contribution in [3.8, 4) is 0 Å². The second-order valence-corrected chi connectivity index (χ2v) is 8.94. The lowest BCUT2D eigenvalue weighted by Crippen LogP contribution is -2.40. The van der Waals surface area contributed by atoms with E-state index in [4.69, 9.17) is 0 Å². The Bertz CT molecular complexity index is 761. The Kier molecular flexibility index (Phi) is 6.37. The predicted molar refractivity (Wildman–Crippen MR) is 112 cm³/mol. The van der Waals surface area contributed by atoms with Crippen molar-refractivity contribution in [3.63, 3.8) is 0 Å². The van der Waals surface area contributed by atoms with E-state index in [0.717, 1.165) is 50.4 Å². The van der Waals surface area contributed by atoms with E-state index in [1.54, 1.807) is 11.3 Å². The van der Waals surface area contributed by atoms with Crippen LogP contribution in [-0.4, -0.2) is 51.4 Å². The van der Waals surface area contributed by atoms with Gasteiger partial charge in [0.05, 0.1) is 6.42 Å². The van der Waals surface area contributed by atoms with E-state index >= 15 is 0 Å². The van der Waals surface area contributed by atoms with Gasteiger partial charge in [0.25, 0.3) is 0 Å². The maximum atomic E-state index is 12.8. The third kappa shape index (κ3) is 4.61. The second kappa shape index (κ2) is 9.14. The average Bonchev–Trinajstić information content (AvgIpc) is 3.32. The van der Waals surface area contributed by atoms with Gasteiger partial charge in [-0.15, -0.1) is 0 Å². The zero-order valence-corrected chi connectivity index (χ0v) is 17.5. The van der Waals surface area contributed by atoms with Gasteiger partial charge in [0.2, 0.25) is 5.91 Å². The molecule has 0 aliphatic carbocycles. The van der Waals surface area contributed by atoms with Gasteiger partial charge in [-0.05, 0) is 54.1 Å². The smallest absolute Gasteiger partial charge is 0.227 e. The Morgan fingerprint density at radius 2 is 2.07 bits per heavy atom. The molecule has 0 saturated carbocycles. The molecule has 5 nitrogen and oxygen atoms in total. The summed E-state index contributed by atoms with van der Waals surface area (Å²) < 4.78 is 0. The summed E-state index contributed by atoms with van der Waals surface area (Å²) in [7, 11) is 0. The predicted octanol–water partition coefficient (Wildman–Crippen LogP) is 3.55. The highest BCUT2D eigenvalue weighted by molar-refractivity contribution is 7.08. The molecule has 0 aromatic carbocycles. The molecule has 2 aromatic heterocycles. The molecule has 2 atom stereocenters. The molecular weight excluding hydrogens is 368 g/mol. The van der Waals surface area contributed by atoms with Crippen molar-refractivity contribution in [1.82, 2.24) is 19.8 Å². The van der Waals surface area contributed by atoms with E-state index in [9.17, 15) is 4.79 Å². The molecule has 2 aliphatic rings. The van der Waals surface area contributed by atoms with Crippen molar-refractivity contribution in [2.75, 3.05) is 19.6 Å². The number of thiophene rings is 1. The number of rotatable bonds is 6. The summed E-state index contributed by atoms with van der Waals surface area (Å²) in [5.74, 6) is 1.80. The number of amides is 1. The topological polar surface area (TPSA) is 49.3 Å². The number of aryl methyl sites for hydroxylation is 1. The van der Waals surface area contributed by atoms with Gasteiger partial charge in [0.15, 0.2) is 0 Å². The highest BCUT2D eigenvalue weighted by atomic mass is 32.1. The molecule has 0 N–H and O–H groups in total. The van der Waals surface area contributed by atoms with Crippen molar-refractivity contribution < 1.29 is 4.79 Å². The summed E-state index contributed by atoms with van der Waals surface area (Å²) in [6.45, 7) is 5.92. The first-order chi connectivity index (χ1) is 13.7. The fourth-order valence-corrected chi connectivity index (χ4v) is 5.24. The molecule has 0 radical (unpaired) electrons. The summed E-state index contributed by atoms with van der Waals surface area (Å²) in [5.41, 5.74) is 2.33. The molecule has 2 aliphatic heterocycles. The summed E-state index contributed by atoms with van der Waals surface area (Å²) in [6.07, 6.45) is 10.3. The standard InChI is InChI=1S/C22H30N4OS/c1-2-5-21-23-11-18(12-24-21)13-25-8-4-3-6-19-14-26(15-20(19)25)22(27)10-17-7-9-28-16-17/h7,9,11-12,16,19-20H,2-6,8,10,13-15H2,1H3/t19-,20+/m0/s1. The number of likely N-dealkylation sites (tertiary alicyclic amines) is 2. The lowest BCUT2D eigenvalue weighted by Gasteiger charge is -2.29. The molecule has 0 spiro atoms. The fraction of sp³-hybridized carbons (Fsp3) is 0.591. The third-order valence-corrected chi connectivity index (χ3v) is 6.78. The van der Waals surface area contributed by atoms with Crippen LogP contribution in [0, 0.1) is 5.92 Å². The minimum Gasteiger partial charge on any atom is -0.340 e. The summed E-state index contributed by atoms with van der Waals surface area (Å²) in [6, 6.07) is 2.52. The number of carbonyl (C=O) groups is 1. The molecule has 6 heteroatoms. The Balaban J connectivity index is 1.41. The Hall–Kier alpha value is -1.79. The van der Waals surface area contributed by atoms with E-state index in [0.29, 0.717) is 18.4 Å². The molecule has 150 valence electrons. The number of aromatic nitrogens is 2. The highest BCUT2D eigenvalue weighted by Crippen LogP contribution is 2.31. The molecule has 2 fully saturated rings. The van der Waals surface area contributed by atoms with Crippen LogP contribution in [0.3, 0.4) is 0 Å². The average molecular weight is 399 g/mol.